The number of fused-ring (bicyclic) bond motifs is 1. The molecule has 4 rings (SSSR count). The van der Waals surface area contributed by atoms with Gasteiger partial charge < -0.3 is 10.4 Å². The first kappa shape index (κ1) is 14.6. The summed E-state index contributed by atoms with van der Waals surface area (Å²) < 4.78 is 1.98. The highest BCUT2D eigenvalue weighted by Crippen LogP contribution is 2.41. The van der Waals surface area contributed by atoms with Crippen LogP contribution in [0.4, 0.5) is 5.82 Å². The smallest absolute Gasteiger partial charge is 0.226 e. The van der Waals surface area contributed by atoms with E-state index in [1.807, 2.05) is 16.9 Å². The SMILES string of the molecule is O=C1C[C@H](c2ccc(O)c(Cl)c2)c2cnn(C3CCCC3)c2N1. The maximum atomic E-state index is 12.2. The summed E-state index contributed by atoms with van der Waals surface area (Å²) in [4.78, 5) is 12.2. The van der Waals surface area contributed by atoms with Gasteiger partial charge in [0.25, 0.3) is 0 Å². The molecule has 1 fully saturated rings. The van der Waals surface area contributed by atoms with Gasteiger partial charge in [-0.15, -0.1) is 0 Å². The Kier molecular flexibility index (Phi) is 3.53. The number of hydrogen-bond acceptors (Lipinski definition) is 3. The quantitative estimate of drug-likeness (QED) is 0.878. The molecule has 0 spiro atoms. The number of halogens is 1. The molecule has 0 radical (unpaired) electrons. The number of carbonyl (C=O) groups is 1. The van der Waals surface area contributed by atoms with Gasteiger partial charge in [-0.1, -0.05) is 30.5 Å². The lowest BCUT2D eigenvalue weighted by atomic mass is 9.87. The lowest BCUT2D eigenvalue weighted by Gasteiger charge is -2.25. The molecule has 1 aliphatic heterocycles. The van der Waals surface area contributed by atoms with Crippen molar-refractivity contribution in [2.45, 2.75) is 44.1 Å². The van der Waals surface area contributed by atoms with Crippen LogP contribution in [0.25, 0.3) is 0 Å². The first-order chi connectivity index (χ1) is 11.1. The minimum Gasteiger partial charge on any atom is -0.506 e. The summed E-state index contributed by atoms with van der Waals surface area (Å²) in [5, 5.41) is 17.5. The van der Waals surface area contributed by atoms with Crippen molar-refractivity contribution >= 4 is 23.3 Å². The van der Waals surface area contributed by atoms with Crippen molar-refractivity contribution in [2.24, 2.45) is 0 Å². The van der Waals surface area contributed by atoms with Crippen LogP contribution in [-0.4, -0.2) is 20.8 Å². The van der Waals surface area contributed by atoms with Crippen LogP contribution in [0.5, 0.6) is 5.75 Å². The molecule has 0 bridgehead atoms. The number of phenolic OH excluding ortho intramolecular Hbond substituents is 1. The van der Waals surface area contributed by atoms with E-state index in [4.69, 9.17) is 11.6 Å². The van der Waals surface area contributed by atoms with Gasteiger partial charge in [-0.25, -0.2) is 4.68 Å². The van der Waals surface area contributed by atoms with Crippen LogP contribution in [0.15, 0.2) is 24.4 Å². The van der Waals surface area contributed by atoms with E-state index in [0.717, 1.165) is 29.8 Å². The molecule has 1 saturated carbocycles. The zero-order valence-electron chi connectivity index (χ0n) is 12.6. The summed E-state index contributed by atoms with van der Waals surface area (Å²) in [5.41, 5.74) is 1.95. The van der Waals surface area contributed by atoms with E-state index in [1.165, 1.54) is 12.8 Å². The lowest BCUT2D eigenvalue weighted by Crippen LogP contribution is -2.25. The summed E-state index contributed by atoms with van der Waals surface area (Å²) in [6.45, 7) is 0. The number of phenols is 1. The molecule has 0 saturated heterocycles. The Balaban J connectivity index is 1.76. The van der Waals surface area contributed by atoms with Crippen LogP contribution >= 0.6 is 11.6 Å². The minimum absolute atomic E-state index is 0.00792. The van der Waals surface area contributed by atoms with Gasteiger partial charge in [-0.3, -0.25) is 4.79 Å². The van der Waals surface area contributed by atoms with Gasteiger partial charge in [0.2, 0.25) is 5.91 Å². The molecule has 120 valence electrons. The van der Waals surface area contributed by atoms with E-state index >= 15 is 0 Å². The van der Waals surface area contributed by atoms with Gasteiger partial charge in [0, 0.05) is 17.9 Å². The van der Waals surface area contributed by atoms with E-state index in [2.05, 4.69) is 10.4 Å². The van der Waals surface area contributed by atoms with Gasteiger partial charge in [-0.2, -0.15) is 5.10 Å². The van der Waals surface area contributed by atoms with Crippen LogP contribution in [0, 0.1) is 0 Å². The normalized spacial score (nSPS) is 21.3. The fourth-order valence-electron chi connectivity index (χ4n) is 3.70. The molecule has 0 unspecified atom stereocenters. The molecule has 2 aliphatic rings. The summed E-state index contributed by atoms with van der Waals surface area (Å²) in [6, 6.07) is 5.50. The first-order valence-electron chi connectivity index (χ1n) is 7.99. The molecule has 5 nitrogen and oxygen atoms in total. The van der Waals surface area contributed by atoms with E-state index in [1.54, 1.807) is 12.1 Å². The van der Waals surface area contributed by atoms with Crippen LogP contribution in [-0.2, 0) is 4.79 Å². The standard InChI is InChI=1S/C17H18ClN3O2/c18-14-7-10(5-6-15(14)22)12-8-16(23)20-17-13(12)9-19-21(17)11-3-1-2-4-11/h5-7,9,11-12,22H,1-4,8H2,(H,20,23)/t12-/m1/s1. The highest BCUT2D eigenvalue weighted by molar-refractivity contribution is 6.32. The molecule has 1 atom stereocenters. The van der Waals surface area contributed by atoms with Crippen molar-refractivity contribution in [3.05, 3.63) is 40.5 Å². The van der Waals surface area contributed by atoms with E-state index in [-0.39, 0.29) is 17.6 Å². The Labute approximate surface area is 139 Å². The largest absolute Gasteiger partial charge is 0.506 e. The van der Waals surface area contributed by atoms with Crippen LogP contribution in [0.3, 0.4) is 0 Å². The number of aromatic nitrogens is 2. The Morgan fingerprint density at radius 1 is 1.30 bits per heavy atom. The summed E-state index contributed by atoms with van der Waals surface area (Å²) in [6.07, 6.45) is 6.87. The van der Waals surface area contributed by atoms with Crippen LogP contribution in [0.1, 0.15) is 55.2 Å². The Morgan fingerprint density at radius 3 is 2.83 bits per heavy atom. The summed E-state index contributed by atoms with van der Waals surface area (Å²) >= 11 is 6.03. The van der Waals surface area contributed by atoms with Crippen LogP contribution < -0.4 is 5.32 Å². The molecule has 1 amide bonds. The third-order valence-electron chi connectivity index (χ3n) is 4.89. The monoisotopic (exact) mass is 331 g/mol. The maximum absolute atomic E-state index is 12.2. The topological polar surface area (TPSA) is 67.1 Å². The number of aromatic hydroxyl groups is 1. The van der Waals surface area contributed by atoms with E-state index in [9.17, 15) is 9.90 Å². The molecular weight excluding hydrogens is 314 g/mol. The van der Waals surface area contributed by atoms with E-state index in [0.29, 0.717) is 17.5 Å². The van der Waals surface area contributed by atoms with Gasteiger partial charge in [0.1, 0.15) is 11.6 Å². The predicted octanol–water partition coefficient (Wildman–Crippen LogP) is 3.83. The fraction of sp³-hybridized carbons (Fsp3) is 0.412. The van der Waals surface area contributed by atoms with Crippen LogP contribution in [0.2, 0.25) is 5.02 Å². The highest BCUT2D eigenvalue weighted by atomic mass is 35.5. The predicted molar refractivity (Wildman–Crippen MR) is 87.9 cm³/mol. The fourth-order valence-corrected chi connectivity index (χ4v) is 3.89. The van der Waals surface area contributed by atoms with Gasteiger partial charge in [0.05, 0.1) is 17.3 Å². The molecule has 1 aromatic heterocycles. The number of carbonyl (C=O) groups excluding carboxylic acids is 1. The van der Waals surface area contributed by atoms with Crippen molar-refractivity contribution in [1.82, 2.24) is 9.78 Å². The molecule has 23 heavy (non-hydrogen) atoms. The van der Waals surface area contributed by atoms with Crippen molar-refractivity contribution in [1.29, 1.82) is 0 Å². The van der Waals surface area contributed by atoms with Gasteiger partial charge in [-0.05, 0) is 30.5 Å². The zero-order valence-corrected chi connectivity index (χ0v) is 13.4. The van der Waals surface area contributed by atoms with Crippen molar-refractivity contribution in [2.75, 3.05) is 5.32 Å². The summed E-state index contributed by atoms with van der Waals surface area (Å²) in [7, 11) is 0. The van der Waals surface area contributed by atoms with E-state index < -0.39 is 0 Å². The van der Waals surface area contributed by atoms with Crippen molar-refractivity contribution in [3.8, 4) is 5.75 Å². The second-order valence-corrected chi connectivity index (χ2v) is 6.75. The Morgan fingerprint density at radius 2 is 2.09 bits per heavy atom. The highest BCUT2D eigenvalue weighted by Gasteiger charge is 2.32. The number of nitrogens with zero attached hydrogens (tertiary/aromatic N) is 2. The number of hydrogen-bond donors (Lipinski definition) is 2. The third kappa shape index (κ3) is 2.49. The van der Waals surface area contributed by atoms with Crippen molar-refractivity contribution in [3.63, 3.8) is 0 Å². The maximum Gasteiger partial charge on any atom is 0.226 e. The van der Waals surface area contributed by atoms with Gasteiger partial charge >= 0.3 is 0 Å². The Bertz CT molecular complexity index is 765. The zero-order chi connectivity index (χ0) is 16.0. The van der Waals surface area contributed by atoms with Crippen molar-refractivity contribution < 1.29 is 9.90 Å². The number of anilines is 1. The minimum atomic E-state index is -0.0768. The summed E-state index contributed by atoms with van der Waals surface area (Å²) in [5.74, 6) is 0.790. The molecular formula is C17H18ClN3O2. The second-order valence-electron chi connectivity index (χ2n) is 6.35. The first-order valence-corrected chi connectivity index (χ1v) is 8.37. The molecule has 6 heteroatoms. The lowest BCUT2D eigenvalue weighted by molar-refractivity contribution is -0.116. The number of rotatable bonds is 2. The average Bonchev–Trinajstić information content (AvgIpc) is 3.17. The molecule has 2 aromatic rings. The molecule has 2 heterocycles. The number of nitrogens with one attached hydrogen (secondary N) is 1. The number of benzene rings is 1. The third-order valence-corrected chi connectivity index (χ3v) is 5.19. The molecule has 1 aliphatic carbocycles. The Hall–Kier alpha value is -2.01. The number of amides is 1. The molecule has 2 N–H and O–H groups in total. The average molecular weight is 332 g/mol. The van der Waals surface area contributed by atoms with Gasteiger partial charge in [0.15, 0.2) is 0 Å². The molecule has 1 aromatic carbocycles. The second kappa shape index (κ2) is 5.57.